The van der Waals surface area contributed by atoms with E-state index < -0.39 is 0 Å². The molecular formula is C11H11N3OS. The van der Waals surface area contributed by atoms with E-state index in [9.17, 15) is 0 Å². The van der Waals surface area contributed by atoms with Crippen LogP contribution in [0.5, 0.6) is 5.75 Å². The van der Waals surface area contributed by atoms with Crippen molar-refractivity contribution in [1.82, 2.24) is 4.98 Å². The molecule has 0 unspecified atom stereocenters. The van der Waals surface area contributed by atoms with E-state index in [-0.39, 0.29) is 5.84 Å². The SMILES string of the molecule is COc1cccc(-c2ncc(C(=N)N)s2)c1. The van der Waals surface area contributed by atoms with Crippen LogP contribution in [0.25, 0.3) is 10.6 Å². The maximum absolute atomic E-state index is 7.31. The van der Waals surface area contributed by atoms with E-state index >= 15 is 0 Å². The first kappa shape index (κ1) is 10.6. The highest BCUT2D eigenvalue weighted by atomic mass is 32.1. The molecule has 4 nitrogen and oxygen atoms in total. The standard InChI is InChI=1S/C11H11N3OS/c1-15-8-4-2-3-7(5-8)11-14-6-9(16-11)10(12)13/h2-6H,1H3,(H3,12,13). The van der Waals surface area contributed by atoms with Gasteiger partial charge in [-0.05, 0) is 12.1 Å². The number of rotatable bonds is 3. The van der Waals surface area contributed by atoms with E-state index in [1.807, 2.05) is 24.3 Å². The number of methoxy groups -OCH3 is 1. The van der Waals surface area contributed by atoms with E-state index in [1.54, 1.807) is 13.3 Å². The van der Waals surface area contributed by atoms with Crippen LogP contribution < -0.4 is 10.5 Å². The Hall–Kier alpha value is -1.88. The summed E-state index contributed by atoms with van der Waals surface area (Å²) in [5, 5.41) is 8.15. The molecule has 1 aromatic heterocycles. The van der Waals surface area contributed by atoms with Gasteiger partial charge in [-0.1, -0.05) is 12.1 Å². The number of hydrogen-bond donors (Lipinski definition) is 2. The topological polar surface area (TPSA) is 72.0 Å². The molecule has 82 valence electrons. The largest absolute Gasteiger partial charge is 0.497 e. The fourth-order valence-electron chi connectivity index (χ4n) is 1.29. The summed E-state index contributed by atoms with van der Waals surface area (Å²) in [7, 11) is 1.63. The molecule has 0 amide bonds. The molecule has 0 aliphatic heterocycles. The summed E-state index contributed by atoms with van der Waals surface area (Å²) in [6.45, 7) is 0. The lowest BCUT2D eigenvalue weighted by atomic mass is 10.2. The molecule has 0 fully saturated rings. The van der Waals surface area contributed by atoms with Gasteiger partial charge in [-0.3, -0.25) is 5.41 Å². The zero-order valence-electron chi connectivity index (χ0n) is 8.73. The maximum Gasteiger partial charge on any atom is 0.134 e. The third kappa shape index (κ3) is 2.04. The maximum atomic E-state index is 7.31. The number of nitrogens with two attached hydrogens (primary N) is 1. The average molecular weight is 233 g/mol. The van der Waals surface area contributed by atoms with Gasteiger partial charge in [-0.25, -0.2) is 4.98 Å². The molecule has 0 bridgehead atoms. The Balaban J connectivity index is 2.38. The number of benzene rings is 1. The molecule has 0 spiro atoms. The van der Waals surface area contributed by atoms with Crippen molar-refractivity contribution in [3.05, 3.63) is 35.3 Å². The van der Waals surface area contributed by atoms with Gasteiger partial charge in [0.05, 0.1) is 12.0 Å². The summed E-state index contributed by atoms with van der Waals surface area (Å²) in [6, 6.07) is 7.64. The van der Waals surface area contributed by atoms with Crippen molar-refractivity contribution in [2.24, 2.45) is 5.73 Å². The molecule has 3 N–H and O–H groups in total. The van der Waals surface area contributed by atoms with Crippen molar-refractivity contribution in [3.8, 4) is 16.3 Å². The second-order valence-electron chi connectivity index (χ2n) is 3.18. The Morgan fingerprint density at radius 2 is 2.31 bits per heavy atom. The van der Waals surface area contributed by atoms with Gasteiger partial charge in [0.2, 0.25) is 0 Å². The van der Waals surface area contributed by atoms with Crippen molar-refractivity contribution >= 4 is 17.2 Å². The van der Waals surface area contributed by atoms with Crippen LogP contribution in [0.15, 0.2) is 30.5 Å². The fraction of sp³-hybridized carbons (Fsp3) is 0.0909. The second-order valence-corrected chi connectivity index (χ2v) is 4.21. The molecule has 0 radical (unpaired) electrons. The first-order valence-electron chi connectivity index (χ1n) is 4.65. The van der Waals surface area contributed by atoms with Gasteiger partial charge >= 0.3 is 0 Å². The van der Waals surface area contributed by atoms with Gasteiger partial charge in [-0.2, -0.15) is 0 Å². The zero-order valence-corrected chi connectivity index (χ0v) is 9.54. The van der Waals surface area contributed by atoms with Crippen molar-refractivity contribution in [1.29, 1.82) is 5.41 Å². The number of hydrogen-bond acceptors (Lipinski definition) is 4. The Labute approximate surface area is 97.2 Å². The summed E-state index contributed by atoms with van der Waals surface area (Å²) in [5.74, 6) is 0.837. The van der Waals surface area contributed by atoms with Crippen LogP contribution >= 0.6 is 11.3 Å². The van der Waals surface area contributed by atoms with Crippen molar-refractivity contribution < 1.29 is 4.74 Å². The lowest BCUT2D eigenvalue weighted by Gasteiger charge is -2.00. The first-order valence-corrected chi connectivity index (χ1v) is 5.47. The molecule has 2 rings (SSSR count). The Bertz CT molecular complexity index is 521. The number of nitrogens with one attached hydrogen (secondary N) is 1. The molecule has 0 atom stereocenters. The third-order valence-corrected chi connectivity index (χ3v) is 3.17. The number of nitrogens with zero attached hydrogens (tertiary/aromatic N) is 1. The van der Waals surface area contributed by atoms with Crippen LogP contribution in [-0.2, 0) is 0 Å². The summed E-state index contributed by atoms with van der Waals surface area (Å²) < 4.78 is 5.14. The average Bonchev–Trinajstić information content (AvgIpc) is 2.78. The lowest BCUT2D eigenvalue weighted by molar-refractivity contribution is 0.415. The van der Waals surface area contributed by atoms with Crippen LogP contribution in [0.3, 0.4) is 0 Å². The first-order chi connectivity index (χ1) is 7.70. The van der Waals surface area contributed by atoms with Crippen molar-refractivity contribution in [2.75, 3.05) is 7.11 Å². The normalized spacial score (nSPS) is 10.1. The molecule has 0 aliphatic carbocycles. The highest BCUT2D eigenvalue weighted by molar-refractivity contribution is 7.16. The lowest BCUT2D eigenvalue weighted by Crippen LogP contribution is -2.08. The predicted octanol–water partition coefficient (Wildman–Crippen LogP) is 2.10. The van der Waals surface area contributed by atoms with E-state index in [4.69, 9.17) is 15.9 Å². The summed E-state index contributed by atoms with van der Waals surface area (Å²) in [5.41, 5.74) is 6.36. The minimum atomic E-state index is 0.0478. The van der Waals surface area contributed by atoms with Crippen LogP contribution in [0, 0.1) is 5.41 Å². The Morgan fingerprint density at radius 3 is 2.94 bits per heavy atom. The minimum absolute atomic E-state index is 0.0478. The van der Waals surface area contributed by atoms with Crippen LogP contribution in [-0.4, -0.2) is 17.9 Å². The van der Waals surface area contributed by atoms with E-state index in [2.05, 4.69) is 4.98 Å². The molecule has 1 aromatic carbocycles. The van der Waals surface area contributed by atoms with Crippen molar-refractivity contribution in [2.45, 2.75) is 0 Å². The van der Waals surface area contributed by atoms with Gasteiger partial charge < -0.3 is 10.5 Å². The number of ether oxygens (including phenoxy) is 1. The molecule has 5 heteroatoms. The molecule has 0 aliphatic rings. The molecule has 2 aromatic rings. The van der Waals surface area contributed by atoms with Crippen LogP contribution in [0.1, 0.15) is 4.88 Å². The van der Waals surface area contributed by atoms with E-state index in [0.717, 1.165) is 16.3 Å². The van der Waals surface area contributed by atoms with Gasteiger partial charge in [0, 0.05) is 11.8 Å². The minimum Gasteiger partial charge on any atom is -0.497 e. The third-order valence-electron chi connectivity index (χ3n) is 2.09. The van der Waals surface area contributed by atoms with Gasteiger partial charge in [0.15, 0.2) is 0 Å². The van der Waals surface area contributed by atoms with E-state index in [1.165, 1.54) is 11.3 Å². The van der Waals surface area contributed by atoms with Crippen LogP contribution in [0.4, 0.5) is 0 Å². The molecule has 1 heterocycles. The zero-order chi connectivity index (χ0) is 11.5. The van der Waals surface area contributed by atoms with Crippen LogP contribution in [0.2, 0.25) is 0 Å². The second kappa shape index (κ2) is 4.32. The smallest absolute Gasteiger partial charge is 0.134 e. The Kier molecular flexibility index (Phi) is 2.87. The van der Waals surface area contributed by atoms with Crippen molar-refractivity contribution in [3.63, 3.8) is 0 Å². The highest BCUT2D eigenvalue weighted by Gasteiger charge is 2.07. The Morgan fingerprint density at radius 1 is 1.50 bits per heavy atom. The summed E-state index contributed by atoms with van der Waals surface area (Å²) in [6.07, 6.45) is 1.61. The fourth-order valence-corrected chi connectivity index (χ4v) is 2.06. The van der Waals surface area contributed by atoms with Gasteiger partial charge in [0.25, 0.3) is 0 Å². The number of nitrogen functional groups attached to an aromatic ring is 1. The summed E-state index contributed by atoms with van der Waals surface area (Å²) in [4.78, 5) is 4.90. The molecule has 16 heavy (non-hydrogen) atoms. The number of thiazole rings is 1. The molecular weight excluding hydrogens is 222 g/mol. The monoisotopic (exact) mass is 233 g/mol. The molecule has 0 saturated heterocycles. The summed E-state index contributed by atoms with van der Waals surface area (Å²) >= 11 is 1.40. The predicted molar refractivity (Wildman–Crippen MR) is 65.1 cm³/mol. The van der Waals surface area contributed by atoms with Gasteiger partial charge in [-0.15, -0.1) is 11.3 Å². The van der Waals surface area contributed by atoms with E-state index in [0.29, 0.717) is 4.88 Å². The number of amidine groups is 1. The number of aromatic nitrogens is 1. The highest BCUT2D eigenvalue weighted by Crippen LogP contribution is 2.27. The molecule has 0 saturated carbocycles. The van der Waals surface area contributed by atoms with Gasteiger partial charge in [0.1, 0.15) is 16.6 Å². The quantitative estimate of drug-likeness (QED) is 0.630.